The zero-order valence-electron chi connectivity index (χ0n) is 28.3. The summed E-state index contributed by atoms with van der Waals surface area (Å²) in [6.07, 6.45) is -5.77. The number of carbonyl (C=O) groups is 4. The van der Waals surface area contributed by atoms with Gasteiger partial charge < -0.3 is 50.5 Å². The lowest BCUT2D eigenvalue weighted by Crippen LogP contribution is -2.67. The number of phenolic OH excluding ortho intramolecular Hbond substituents is 1. The standard InChI is InChI=1S/C33H51N3O11/c1-18-13-21(14-19(2)25(18)40)28(42)34-16-23(39)26(41)27-24(35-20(3)37)22(38)15-33(46-27,29(43)44)10-8-9-32(7)11-12-36(17-32)30(45)47-31(4,5)6/h13-14,22-24,26-27,38-41H,8-12,15-17H2,1-7H3,(H,34,42)(H,35,37)(H,43,44)/t22-,23+,24+,26+,27+,32?,33+/m0/s1. The van der Waals surface area contributed by atoms with Crippen LogP contribution in [0.3, 0.4) is 0 Å². The molecule has 7 atom stereocenters. The molecule has 14 nitrogen and oxygen atoms in total. The molecule has 14 heteroatoms. The van der Waals surface area contributed by atoms with Crippen LogP contribution in [-0.4, -0.2) is 116 Å². The van der Waals surface area contributed by atoms with Gasteiger partial charge in [-0.1, -0.05) is 6.92 Å². The van der Waals surface area contributed by atoms with Crippen molar-refractivity contribution in [3.63, 3.8) is 0 Å². The highest BCUT2D eigenvalue weighted by Crippen LogP contribution is 2.40. The minimum Gasteiger partial charge on any atom is -0.507 e. The van der Waals surface area contributed by atoms with Crippen LogP contribution in [0.2, 0.25) is 0 Å². The maximum Gasteiger partial charge on any atom is 0.410 e. The quantitative estimate of drug-likeness (QED) is 0.181. The third kappa shape index (κ3) is 9.55. The molecule has 0 bridgehead atoms. The first-order valence-electron chi connectivity index (χ1n) is 16.0. The van der Waals surface area contributed by atoms with Gasteiger partial charge in [-0.05, 0) is 89.0 Å². The molecule has 1 aromatic carbocycles. The largest absolute Gasteiger partial charge is 0.507 e. The van der Waals surface area contributed by atoms with Gasteiger partial charge in [0.25, 0.3) is 5.91 Å². The van der Waals surface area contributed by atoms with Crippen molar-refractivity contribution in [3.8, 4) is 5.75 Å². The van der Waals surface area contributed by atoms with Gasteiger partial charge >= 0.3 is 12.1 Å². The third-order valence-corrected chi connectivity index (χ3v) is 8.96. The number of aliphatic hydroxyl groups excluding tert-OH is 3. The van der Waals surface area contributed by atoms with Crippen molar-refractivity contribution in [1.82, 2.24) is 15.5 Å². The van der Waals surface area contributed by atoms with E-state index in [0.29, 0.717) is 43.5 Å². The van der Waals surface area contributed by atoms with E-state index < -0.39 is 72.1 Å². The van der Waals surface area contributed by atoms with E-state index in [9.17, 15) is 44.7 Å². The van der Waals surface area contributed by atoms with Crippen LogP contribution in [0.5, 0.6) is 5.75 Å². The van der Waals surface area contributed by atoms with Gasteiger partial charge in [-0.25, -0.2) is 9.59 Å². The summed E-state index contributed by atoms with van der Waals surface area (Å²) in [5.41, 5.74) is -1.73. The molecule has 1 aromatic rings. The van der Waals surface area contributed by atoms with Crippen LogP contribution in [-0.2, 0) is 19.1 Å². The maximum atomic E-state index is 12.8. The number of carbonyl (C=O) groups excluding carboxylic acids is 3. The van der Waals surface area contributed by atoms with E-state index in [-0.39, 0.29) is 29.6 Å². The van der Waals surface area contributed by atoms with E-state index in [2.05, 4.69) is 10.6 Å². The highest BCUT2D eigenvalue weighted by molar-refractivity contribution is 5.94. The molecule has 264 valence electrons. The number of nitrogens with one attached hydrogen (secondary N) is 2. The molecular weight excluding hydrogens is 614 g/mol. The number of aliphatic carboxylic acids is 1. The Labute approximate surface area is 275 Å². The normalized spacial score (nSPS) is 27.5. The van der Waals surface area contributed by atoms with Crippen molar-refractivity contribution in [2.45, 2.75) is 122 Å². The van der Waals surface area contributed by atoms with Crippen molar-refractivity contribution < 1.29 is 54.2 Å². The predicted molar refractivity (Wildman–Crippen MR) is 170 cm³/mol. The second-order valence-electron chi connectivity index (χ2n) is 14.4. The van der Waals surface area contributed by atoms with Crippen LogP contribution in [0.15, 0.2) is 12.1 Å². The summed E-state index contributed by atoms with van der Waals surface area (Å²) in [4.78, 5) is 51.7. The van der Waals surface area contributed by atoms with E-state index in [4.69, 9.17) is 9.47 Å². The molecule has 2 heterocycles. The number of phenols is 1. The Balaban J connectivity index is 1.72. The molecule has 2 aliphatic rings. The zero-order chi connectivity index (χ0) is 35.5. The van der Waals surface area contributed by atoms with E-state index in [1.54, 1.807) is 39.5 Å². The minimum atomic E-state index is -1.95. The molecule has 0 spiro atoms. The van der Waals surface area contributed by atoms with Crippen LogP contribution >= 0.6 is 0 Å². The summed E-state index contributed by atoms with van der Waals surface area (Å²) < 4.78 is 11.5. The summed E-state index contributed by atoms with van der Waals surface area (Å²) in [5, 5.41) is 58.5. The number of ether oxygens (including phenoxy) is 2. The Kier molecular flexibility index (Phi) is 11.9. The van der Waals surface area contributed by atoms with Crippen molar-refractivity contribution >= 4 is 23.9 Å². The Morgan fingerprint density at radius 2 is 1.74 bits per heavy atom. The van der Waals surface area contributed by atoms with Gasteiger partial charge in [0.2, 0.25) is 5.91 Å². The molecule has 0 saturated carbocycles. The van der Waals surface area contributed by atoms with Crippen molar-refractivity contribution in [1.29, 1.82) is 0 Å². The van der Waals surface area contributed by atoms with E-state index in [1.165, 1.54) is 19.1 Å². The van der Waals surface area contributed by atoms with Crippen LogP contribution in [0.4, 0.5) is 4.79 Å². The summed E-state index contributed by atoms with van der Waals surface area (Å²) >= 11 is 0. The minimum absolute atomic E-state index is 0.0518. The number of carboxylic acid groups (broad SMARTS) is 1. The second-order valence-corrected chi connectivity index (χ2v) is 14.4. The average Bonchev–Trinajstić information content (AvgIpc) is 3.35. The molecule has 0 aromatic heterocycles. The number of benzene rings is 1. The van der Waals surface area contributed by atoms with Crippen molar-refractivity contribution in [2.24, 2.45) is 5.41 Å². The first kappa shape index (κ1) is 38.0. The zero-order valence-corrected chi connectivity index (χ0v) is 28.3. The summed E-state index contributed by atoms with van der Waals surface area (Å²) in [7, 11) is 0. The molecule has 2 fully saturated rings. The fourth-order valence-electron chi connectivity index (χ4n) is 6.40. The smallest absolute Gasteiger partial charge is 0.410 e. The number of aryl methyl sites for hydroxylation is 2. The van der Waals surface area contributed by atoms with Gasteiger partial charge in [0.05, 0.1) is 18.2 Å². The molecular formula is C33H51N3O11. The molecule has 7 N–H and O–H groups in total. The van der Waals surface area contributed by atoms with Crippen LogP contribution in [0.25, 0.3) is 0 Å². The Bertz CT molecular complexity index is 1310. The molecule has 0 aliphatic carbocycles. The van der Waals surface area contributed by atoms with Gasteiger partial charge in [-0.15, -0.1) is 0 Å². The molecule has 47 heavy (non-hydrogen) atoms. The number of nitrogens with zero attached hydrogens (tertiary/aromatic N) is 1. The number of hydrogen-bond acceptors (Lipinski definition) is 10. The third-order valence-electron chi connectivity index (χ3n) is 8.96. The average molecular weight is 666 g/mol. The number of aromatic hydroxyl groups is 1. The predicted octanol–water partition coefficient (Wildman–Crippen LogP) is 1.76. The maximum absolute atomic E-state index is 12.8. The number of likely N-dealkylation sites (tertiary alicyclic amines) is 1. The number of hydrogen-bond donors (Lipinski definition) is 7. The van der Waals surface area contributed by atoms with E-state index in [1.807, 2.05) is 6.92 Å². The first-order valence-corrected chi connectivity index (χ1v) is 16.0. The Morgan fingerprint density at radius 1 is 1.13 bits per heavy atom. The summed E-state index contributed by atoms with van der Waals surface area (Å²) in [6, 6.07) is 1.68. The summed E-state index contributed by atoms with van der Waals surface area (Å²) in [5.74, 6) is -2.47. The van der Waals surface area contributed by atoms with Gasteiger partial charge in [0.1, 0.15) is 23.6 Å². The number of carboxylic acids is 1. The van der Waals surface area contributed by atoms with Gasteiger partial charge in [0, 0.05) is 38.5 Å². The fraction of sp³-hybridized carbons (Fsp3) is 0.697. The van der Waals surface area contributed by atoms with Crippen LogP contribution in [0, 0.1) is 19.3 Å². The Hall–Kier alpha value is -3.46. The van der Waals surface area contributed by atoms with Gasteiger partial charge in [0.15, 0.2) is 5.60 Å². The molecule has 2 aliphatic heterocycles. The van der Waals surface area contributed by atoms with E-state index in [0.717, 1.165) is 0 Å². The highest BCUT2D eigenvalue weighted by atomic mass is 16.6. The monoisotopic (exact) mass is 665 g/mol. The Morgan fingerprint density at radius 3 is 2.30 bits per heavy atom. The fourth-order valence-corrected chi connectivity index (χ4v) is 6.40. The van der Waals surface area contributed by atoms with Crippen LogP contribution in [0.1, 0.15) is 88.2 Å². The molecule has 3 rings (SSSR count). The lowest BCUT2D eigenvalue weighted by Gasteiger charge is -2.47. The number of amides is 3. The summed E-state index contributed by atoms with van der Waals surface area (Å²) in [6.45, 7) is 12.3. The SMILES string of the molecule is CC(=O)N[C@H]1[C@H]([C@H](O)[C@H](O)CNC(=O)c2cc(C)c(O)c(C)c2)O[C@@](CCCC2(C)CCN(C(=O)OC(C)(C)C)C2)(C(=O)O)C[C@@H]1O. The van der Waals surface area contributed by atoms with Gasteiger partial charge in [-0.3, -0.25) is 9.59 Å². The molecule has 0 radical (unpaired) electrons. The lowest BCUT2D eigenvalue weighted by atomic mass is 9.78. The highest BCUT2D eigenvalue weighted by Gasteiger charge is 2.54. The van der Waals surface area contributed by atoms with E-state index >= 15 is 0 Å². The number of rotatable bonds is 11. The molecule has 1 unspecified atom stereocenters. The van der Waals surface area contributed by atoms with Crippen molar-refractivity contribution in [2.75, 3.05) is 19.6 Å². The lowest BCUT2D eigenvalue weighted by molar-refractivity contribution is -0.229. The topological polar surface area (TPSA) is 215 Å². The number of aliphatic hydroxyl groups is 3. The van der Waals surface area contributed by atoms with Gasteiger partial charge in [-0.2, -0.15) is 0 Å². The molecule has 3 amide bonds. The second kappa shape index (κ2) is 14.8. The van der Waals surface area contributed by atoms with Crippen molar-refractivity contribution in [3.05, 3.63) is 28.8 Å². The molecule has 2 saturated heterocycles. The first-order chi connectivity index (χ1) is 21.7. The van der Waals surface area contributed by atoms with Crippen LogP contribution < -0.4 is 10.6 Å².